The molecular weight excluding hydrogens is 238 g/mol. The predicted molar refractivity (Wildman–Crippen MR) is 73.7 cm³/mol. The van der Waals surface area contributed by atoms with Gasteiger partial charge in [-0.15, -0.1) is 0 Å². The molecule has 2 aromatic heterocycles. The van der Waals surface area contributed by atoms with Crippen molar-refractivity contribution >= 4 is 11.0 Å². The molecule has 4 nitrogen and oxygen atoms in total. The van der Waals surface area contributed by atoms with E-state index in [0.717, 1.165) is 11.2 Å². The van der Waals surface area contributed by atoms with E-state index < -0.39 is 0 Å². The van der Waals surface area contributed by atoms with Crippen LogP contribution in [0.1, 0.15) is 24.3 Å². The summed E-state index contributed by atoms with van der Waals surface area (Å²) in [5, 5.41) is 0. The van der Waals surface area contributed by atoms with Crippen molar-refractivity contribution in [2.75, 3.05) is 0 Å². The number of aromatic nitrogens is 3. The van der Waals surface area contributed by atoms with Crippen LogP contribution < -0.4 is 5.56 Å². The highest BCUT2D eigenvalue weighted by Crippen LogP contribution is 2.42. The van der Waals surface area contributed by atoms with Crippen LogP contribution in [0.5, 0.6) is 0 Å². The number of hydrogen-bond acceptors (Lipinski definition) is 2. The Labute approximate surface area is 109 Å². The molecule has 2 heterocycles. The summed E-state index contributed by atoms with van der Waals surface area (Å²) < 4.78 is 1.72. The molecule has 0 unspecified atom stereocenters. The van der Waals surface area contributed by atoms with E-state index >= 15 is 0 Å². The van der Waals surface area contributed by atoms with E-state index in [9.17, 15) is 4.79 Å². The van der Waals surface area contributed by atoms with Gasteiger partial charge in [0.05, 0.1) is 11.8 Å². The summed E-state index contributed by atoms with van der Waals surface area (Å²) in [5.41, 5.74) is 3.47. The Bertz CT molecular complexity index is 797. The second-order valence-corrected chi connectivity index (χ2v) is 5.00. The molecule has 19 heavy (non-hydrogen) atoms. The Morgan fingerprint density at radius 1 is 1.21 bits per heavy atom. The quantitative estimate of drug-likeness (QED) is 0.761. The van der Waals surface area contributed by atoms with E-state index in [0.29, 0.717) is 11.4 Å². The summed E-state index contributed by atoms with van der Waals surface area (Å²) >= 11 is 0. The first-order valence-electron chi connectivity index (χ1n) is 6.48. The molecular formula is C15H13N3O. The molecule has 1 fully saturated rings. The third kappa shape index (κ3) is 1.60. The zero-order valence-corrected chi connectivity index (χ0v) is 10.3. The summed E-state index contributed by atoms with van der Waals surface area (Å²) in [7, 11) is 0. The molecule has 1 aliphatic carbocycles. The fraction of sp³-hybridized carbons (Fsp3) is 0.200. The van der Waals surface area contributed by atoms with E-state index in [2.05, 4.69) is 9.97 Å². The van der Waals surface area contributed by atoms with E-state index in [1.165, 1.54) is 18.4 Å². The monoisotopic (exact) mass is 251 g/mol. The zero-order valence-electron chi connectivity index (χ0n) is 10.3. The minimum absolute atomic E-state index is 0.0388. The molecule has 0 bridgehead atoms. The number of benzene rings is 1. The maximum Gasteiger partial charge on any atom is 0.281 e. The molecule has 0 saturated heterocycles. The Hall–Kier alpha value is -2.36. The van der Waals surface area contributed by atoms with Crippen LogP contribution >= 0.6 is 0 Å². The van der Waals surface area contributed by atoms with Gasteiger partial charge in [-0.25, -0.2) is 4.98 Å². The number of para-hydroxylation sites is 1. The minimum Gasteiger partial charge on any atom is -0.340 e. The van der Waals surface area contributed by atoms with Crippen LogP contribution in [0.15, 0.2) is 47.7 Å². The summed E-state index contributed by atoms with van der Waals surface area (Å²) in [6.07, 6.45) is 5.94. The van der Waals surface area contributed by atoms with Gasteiger partial charge in [-0.3, -0.25) is 9.36 Å². The molecule has 0 atom stereocenters. The number of rotatable bonds is 2. The predicted octanol–water partition coefficient (Wildman–Crippen LogP) is 2.59. The molecule has 0 aliphatic heterocycles. The van der Waals surface area contributed by atoms with Gasteiger partial charge in [0.15, 0.2) is 0 Å². The zero-order chi connectivity index (χ0) is 12.8. The first kappa shape index (κ1) is 10.6. The molecule has 94 valence electrons. The number of nitrogens with zero attached hydrogens (tertiary/aromatic N) is 2. The highest BCUT2D eigenvalue weighted by Gasteiger charge is 2.28. The number of nitrogens with one attached hydrogen (secondary N) is 1. The van der Waals surface area contributed by atoms with Crippen molar-refractivity contribution in [2.45, 2.75) is 18.8 Å². The third-order valence-corrected chi connectivity index (χ3v) is 3.67. The molecule has 4 rings (SSSR count). The lowest BCUT2D eigenvalue weighted by Crippen LogP contribution is -2.19. The number of aromatic amines is 1. The van der Waals surface area contributed by atoms with Gasteiger partial charge in [-0.2, -0.15) is 0 Å². The van der Waals surface area contributed by atoms with E-state index in [4.69, 9.17) is 0 Å². The van der Waals surface area contributed by atoms with Gasteiger partial charge in [0.1, 0.15) is 5.52 Å². The van der Waals surface area contributed by atoms with Gasteiger partial charge >= 0.3 is 0 Å². The lowest BCUT2D eigenvalue weighted by Gasteiger charge is -2.08. The number of hydrogen-bond donors (Lipinski definition) is 1. The van der Waals surface area contributed by atoms with Crippen LogP contribution in [-0.4, -0.2) is 14.5 Å². The lowest BCUT2D eigenvalue weighted by atomic mass is 10.1. The first-order chi connectivity index (χ1) is 9.34. The SMILES string of the molecule is O=c1c2[nH]cnc2c(C2CC2)cn1-c1ccccc1. The standard InChI is InChI=1S/C15H13N3O/c19-15-14-13(16-9-17-14)12(10-6-7-10)8-18(15)11-4-2-1-3-5-11/h1-5,8-10H,6-7H2,(H,16,17). The highest BCUT2D eigenvalue weighted by atomic mass is 16.1. The van der Waals surface area contributed by atoms with Crippen LogP contribution in [0.4, 0.5) is 0 Å². The summed E-state index contributed by atoms with van der Waals surface area (Å²) in [6, 6.07) is 9.72. The fourth-order valence-corrected chi connectivity index (χ4v) is 2.53. The van der Waals surface area contributed by atoms with E-state index in [-0.39, 0.29) is 5.56 Å². The van der Waals surface area contributed by atoms with Crippen LogP contribution in [0, 0.1) is 0 Å². The number of fused-ring (bicyclic) bond motifs is 1. The average molecular weight is 251 g/mol. The van der Waals surface area contributed by atoms with Gasteiger partial charge in [0.2, 0.25) is 0 Å². The topological polar surface area (TPSA) is 50.7 Å². The molecule has 1 N–H and O–H groups in total. The number of pyridine rings is 1. The molecule has 4 heteroatoms. The average Bonchev–Trinajstić information content (AvgIpc) is 3.16. The maximum atomic E-state index is 12.5. The number of imidazole rings is 1. The molecule has 1 aliphatic rings. The summed E-state index contributed by atoms with van der Waals surface area (Å²) in [5.74, 6) is 0.557. The van der Waals surface area contributed by atoms with Crippen LogP contribution in [0.3, 0.4) is 0 Å². The minimum atomic E-state index is -0.0388. The van der Waals surface area contributed by atoms with Crippen molar-refractivity contribution in [3.05, 3.63) is 58.8 Å². The fourth-order valence-electron chi connectivity index (χ4n) is 2.53. The highest BCUT2D eigenvalue weighted by molar-refractivity contribution is 5.78. The van der Waals surface area contributed by atoms with Crippen molar-refractivity contribution < 1.29 is 0 Å². The Kier molecular flexibility index (Phi) is 2.12. The summed E-state index contributed by atoms with van der Waals surface area (Å²) in [6.45, 7) is 0. The maximum absolute atomic E-state index is 12.5. The number of H-pyrrole nitrogens is 1. The van der Waals surface area contributed by atoms with Crippen molar-refractivity contribution in [2.24, 2.45) is 0 Å². The van der Waals surface area contributed by atoms with Gasteiger partial charge in [0.25, 0.3) is 5.56 Å². The molecule has 0 radical (unpaired) electrons. The van der Waals surface area contributed by atoms with Crippen molar-refractivity contribution in [3.8, 4) is 5.69 Å². The normalized spacial score (nSPS) is 14.9. The van der Waals surface area contributed by atoms with Crippen LogP contribution in [-0.2, 0) is 0 Å². The van der Waals surface area contributed by atoms with E-state index in [1.807, 2.05) is 36.5 Å². The first-order valence-corrected chi connectivity index (χ1v) is 6.48. The third-order valence-electron chi connectivity index (χ3n) is 3.67. The van der Waals surface area contributed by atoms with Crippen LogP contribution in [0.2, 0.25) is 0 Å². The second kappa shape index (κ2) is 3.82. The smallest absolute Gasteiger partial charge is 0.281 e. The molecule has 3 aromatic rings. The van der Waals surface area contributed by atoms with Gasteiger partial charge < -0.3 is 4.98 Å². The largest absolute Gasteiger partial charge is 0.340 e. The molecule has 1 saturated carbocycles. The van der Waals surface area contributed by atoms with Gasteiger partial charge in [-0.05, 0) is 36.5 Å². The Morgan fingerprint density at radius 3 is 2.74 bits per heavy atom. The molecule has 0 amide bonds. The Morgan fingerprint density at radius 2 is 2.00 bits per heavy atom. The second-order valence-electron chi connectivity index (χ2n) is 5.00. The van der Waals surface area contributed by atoms with Crippen molar-refractivity contribution in [3.63, 3.8) is 0 Å². The summed E-state index contributed by atoms with van der Waals surface area (Å²) in [4.78, 5) is 19.8. The van der Waals surface area contributed by atoms with E-state index in [1.54, 1.807) is 10.9 Å². The van der Waals surface area contributed by atoms with Crippen LogP contribution in [0.25, 0.3) is 16.7 Å². The molecule has 1 aromatic carbocycles. The van der Waals surface area contributed by atoms with Crippen molar-refractivity contribution in [1.82, 2.24) is 14.5 Å². The lowest BCUT2D eigenvalue weighted by molar-refractivity contribution is 0.965. The van der Waals surface area contributed by atoms with Gasteiger partial charge in [-0.1, -0.05) is 18.2 Å². The molecule has 0 spiro atoms. The van der Waals surface area contributed by atoms with Gasteiger partial charge in [0, 0.05) is 11.9 Å². The Balaban J connectivity index is 2.06. The van der Waals surface area contributed by atoms with Crippen molar-refractivity contribution in [1.29, 1.82) is 0 Å².